The van der Waals surface area contributed by atoms with Crippen LogP contribution >= 0.6 is 0 Å². The molecule has 0 N–H and O–H groups in total. The maximum Gasteiger partial charge on any atom is 0.108 e. The fraction of sp³-hybridized carbons (Fsp3) is 1.00. The average molecular weight is 238 g/mol. The fourth-order valence-corrected chi connectivity index (χ4v) is 1.10. The second kappa shape index (κ2) is 10.1. The van der Waals surface area contributed by atoms with Crippen LogP contribution in [0.15, 0.2) is 0 Å². The third-order valence-corrected chi connectivity index (χ3v) is 2.31. The lowest BCUT2D eigenvalue weighted by molar-refractivity contribution is -0.0736. The van der Waals surface area contributed by atoms with Crippen LogP contribution in [0.1, 0.15) is 20.8 Å². The van der Waals surface area contributed by atoms with E-state index < -0.39 is 6.49 Å². The smallest absolute Gasteiger partial charge is 0.108 e. The van der Waals surface area contributed by atoms with Crippen LogP contribution in [0.2, 0.25) is 0 Å². The molecule has 0 saturated heterocycles. The van der Waals surface area contributed by atoms with E-state index in [0.29, 0.717) is 13.2 Å². The molecule has 0 aromatic heterocycles. The zero-order chi connectivity index (χ0) is 14.1. The molecule has 0 aliphatic rings. The Hall–Kier alpha value is 0.270. The second-order valence-corrected chi connectivity index (χ2v) is 4.31. The first-order chi connectivity index (χ1) is 8.36. The van der Waals surface area contributed by atoms with Crippen molar-refractivity contribution < 1.29 is 14.2 Å². The molecule has 0 aliphatic carbocycles. The van der Waals surface area contributed by atoms with Crippen LogP contribution in [0, 0.1) is 0 Å². The van der Waals surface area contributed by atoms with Gasteiger partial charge >= 0.3 is 0 Å². The van der Waals surface area contributed by atoms with Crippen molar-refractivity contribution in [3.05, 3.63) is 0 Å². The molecular weight excluding hydrogens is 221 g/mol. The molecular formula is C9H17B6O3. The molecule has 0 aromatic rings. The van der Waals surface area contributed by atoms with Crippen LogP contribution in [-0.2, 0) is 14.2 Å². The molecule has 0 aliphatic heterocycles. The Bertz CT molecular complexity index is 207. The van der Waals surface area contributed by atoms with Gasteiger partial charge in [0.1, 0.15) is 14.0 Å². The predicted molar refractivity (Wildman–Crippen MR) is 79.7 cm³/mol. The number of hydrogen-bond donors (Lipinski definition) is 0. The van der Waals surface area contributed by atoms with Gasteiger partial charge < -0.3 is 14.2 Å². The van der Waals surface area contributed by atoms with E-state index in [1.165, 1.54) is 7.17 Å². The molecule has 9 heteroatoms. The molecule has 0 rings (SSSR count). The lowest BCUT2D eigenvalue weighted by Crippen LogP contribution is -2.38. The van der Waals surface area contributed by atoms with Crippen LogP contribution in [0.5, 0.6) is 0 Å². The van der Waals surface area contributed by atoms with Gasteiger partial charge in [0.2, 0.25) is 0 Å². The Morgan fingerprint density at radius 1 is 1.11 bits per heavy atom. The highest BCUT2D eigenvalue weighted by atomic mass is 16.6. The minimum atomic E-state index is -0.529. The van der Waals surface area contributed by atoms with Crippen molar-refractivity contribution in [3.63, 3.8) is 0 Å². The van der Waals surface area contributed by atoms with Crippen molar-refractivity contribution in [1.29, 1.82) is 0 Å². The summed E-state index contributed by atoms with van der Waals surface area (Å²) in [6.07, 6.45) is -0.271. The van der Waals surface area contributed by atoms with E-state index in [1.807, 2.05) is 6.92 Å². The molecule has 18 heavy (non-hydrogen) atoms. The van der Waals surface area contributed by atoms with Gasteiger partial charge in [-0.05, 0) is 20.8 Å². The van der Waals surface area contributed by atoms with Crippen LogP contribution < -0.4 is 0 Å². The van der Waals surface area contributed by atoms with Crippen molar-refractivity contribution in [2.24, 2.45) is 0 Å². The molecule has 4 unspecified atom stereocenters. The summed E-state index contributed by atoms with van der Waals surface area (Å²) in [5.74, 6) is 0. The Kier molecular flexibility index (Phi) is 10.3. The van der Waals surface area contributed by atoms with E-state index in [4.69, 9.17) is 45.3 Å². The van der Waals surface area contributed by atoms with E-state index in [9.17, 15) is 0 Å². The summed E-state index contributed by atoms with van der Waals surface area (Å²) in [7, 11) is 23.4. The van der Waals surface area contributed by atoms with E-state index in [2.05, 4.69) is 0 Å². The Morgan fingerprint density at radius 3 is 2.11 bits per heavy atom. The first kappa shape index (κ1) is 18.3. The summed E-state index contributed by atoms with van der Waals surface area (Å²) < 4.78 is 16.4. The van der Waals surface area contributed by atoms with Crippen molar-refractivity contribution in [3.8, 4) is 0 Å². The monoisotopic (exact) mass is 239 g/mol. The highest BCUT2D eigenvalue weighted by Gasteiger charge is 2.17. The maximum absolute atomic E-state index is 5.61. The topological polar surface area (TPSA) is 27.7 Å². The van der Waals surface area contributed by atoms with E-state index in [1.54, 1.807) is 13.8 Å². The van der Waals surface area contributed by atoms with Crippen LogP contribution in [0.4, 0.5) is 0 Å². The van der Waals surface area contributed by atoms with Gasteiger partial charge in [-0.15, -0.1) is 0 Å². The highest BCUT2D eigenvalue weighted by Crippen LogP contribution is 2.03. The zero-order valence-electron chi connectivity index (χ0n) is 11.4. The first-order valence-electron chi connectivity index (χ1n) is 6.07. The van der Waals surface area contributed by atoms with Gasteiger partial charge in [0.15, 0.2) is 0 Å². The first-order valence-corrected chi connectivity index (χ1v) is 6.07. The lowest BCUT2D eigenvalue weighted by Gasteiger charge is -2.25. The van der Waals surface area contributed by atoms with Crippen LogP contribution in [0.3, 0.4) is 0 Å². The SMILES string of the molecule is [B][B]C(C)OC(COC([B])C)COC(C)B([B])[B]. The molecule has 0 amide bonds. The summed E-state index contributed by atoms with van der Waals surface area (Å²) in [5, 5.41) is 0. The van der Waals surface area contributed by atoms with Gasteiger partial charge in [0, 0.05) is 41.2 Å². The van der Waals surface area contributed by atoms with Gasteiger partial charge in [-0.3, -0.25) is 0 Å². The third-order valence-electron chi connectivity index (χ3n) is 2.31. The number of rotatable bonds is 10. The number of hydrogen-bond acceptors (Lipinski definition) is 3. The molecule has 0 bridgehead atoms. The van der Waals surface area contributed by atoms with Gasteiger partial charge in [-0.2, -0.15) is 0 Å². The maximum atomic E-state index is 5.61. The van der Waals surface area contributed by atoms with E-state index in [0.717, 1.165) is 0 Å². The molecule has 4 atom stereocenters. The molecule has 9 radical (unpaired) electrons. The van der Waals surface area contributed by atoms with Gasteiger partial charge in [0.25, 0.3) is 0 Å². The summed E-state index contributed by atoms with van der Waals surface area (Å²) in [6, 6.07) is -0.817. The predicted octanol–water partition coefficient (Wildman–Crippen LogP) is -1.19. The normalized spacial score (nSPS) is 17.7. The molecule has 89 valence electrons. The standard InChI is InChI=1S/C9H17B6O3/c1-6(10)16-4-9(18-7(2)14-11)5-17-8(3)15(12)13/h6-9H,4-5H2,1-3H3. The molecule has 0 saturated carbocycles. The summed E-state index contributed by atoms with van der Waals surface area (Å²) in [6.45, 7) is 5.48. The Balaban J connectivity index is 4.11. The number of ether oxygens (including phenoxy) is 3. The van der Waals surface area contributed by atoms with Crippen LogP contribution in [-0.4, -0.2) is 82.0 Å². The quantitative estimate of drug-likeness (QED) is 0.448. The third kappa shape index (κ3) is 9.23. The lowest BCUT2D eigenvalue weighted by atomic mass is 9.17. The summed E-state index contributed by atoms with van der Waals surface area (Å²) in [5.41, 5.74) is 0. The van der Waals surface area contributed by atoms with Crippen molar-refractivity contribution in [2.75, 3.05) is 13.2 Å². The fourth-order valence-electron chi connectivity index (χ4n) is 1.10. The Labute approximate surface area is 117 Å². The van der Waals surface area contributed by atoms with Gasteiger partial charge in [-0.25, -0.2) is 0 Å². The second-order valence-electron chi connectivity index (χ2n) is 4.31. The molecule has 0 fully saturated rings. The van der Waals surface area contributed by atoms with Crippen molar-refractivity contribution >= 4 is 44.7 Å². The van der Waals surface area contributed by atoms with Crippen molar-refractivity contribution in [1.82, 2.24) is 0 Å². The molecule has 0 aromatic carbocycles. The molecule has 0 heterocycles. The van der Waals surface area contributed by atoms with Gasteiger partial charge in [0.05, 0.1) is 26.9 Å². The van der Waals surface area contributed by atoms with E-state index in [-0.39, 0.29) is 24.1 Å². The zero-order valence-corrected chi connectivity index (χ0v) is 11.4. The minimum Gasteiger partial charge on any atom is -0.386 e. The largest absolute Gasteiger partial charge is 0.386 e. The van der Waals surface area contributed by atoms with Crippen molar-refractivity contribution in [2.45, 2.75) is 44.9 Å². The average Bonchev–Trinajstić information content (AvgIpc) is 2.31. The van der Waals surface area contributed by atoms with E-state index >= 15 is 0 Å². The van der Waals surface area contributed by atoms with Gasteiger partial charge in [-0.1, -0.05) is 0 Å². The highest BCUT2D eigenvalue weighted by molar-refractivity contribution is 7.29. The van der Waals surface area contributed by atoms with Crippen LogP contribution in [0.25, 0.3) is 0 Å². The Morgan fingerprint density at radius 2 is 1.67 bits per heavy atom. The molecule has 0 spiro atoms. The molecule has 3 nitrogen and oxygen atoms in total. The minimum absolute atomic E-state index is 0.197. The summed E-state index contributed by atoms with van der Waals surface area (Å²) in [4.78, 5) is 0. The summed E-state index contributed by atoms with van der Waals surface area (Å²) >= 11 is 0.